The monoisotopic (exact) mass is 471 g/mol. The van der Waals surface area contributed by atoms with Crippen molar-refractivity contribution in [2.24, 2.45) is 0 Å². The van der Waals surface area contributed by atoms with Crippen molar-refractivity contribution in [3.05, 3.63) is 81.7 Å². The molecule has 0 saturated carbocycles. The first-order chi connectivity index (χ1) is 16.7. The van der Waals surface area contributed by atoms with Crippen LogP contribution in [0.2, 0.25) is 0 Å². The standard InChI is InChI=1S/C26H21N3O4S/c30-23-13-28(12-16-4-3-9-34-16)26(31)20-11-18-17-5-1-2-6-19(17)27-24(18)25(29(20)23)15-7-8-21-22(10-15)33-14-32-21/h1-10,20,25,27H,11-14H2/t20-,25-/m1/s1. The Morgan fingerprint density at radius 1 is 1.03 bits per heavy atom. The third-order valence-corrected chi connectivity index (χ3v) is 7.84. The van der Waals surface area contributed by atoms with Crippen molar-refractivity contribution in [2.45, 2.75) is 25.0 Å². The van der Waals surface area contributed by atoms with Gasteiger partial charge in [0.1, 0.15) is 12.6 Å². The number of piperazine rings is 1. The summed E-state index contributed by atoms with van der Waals surface area (Å²) in [6.07, 6.45) is 0.492. The Bertz CT molecular complexity index is 1440. The minimum atomic E-state index is -0.552. The first-order valence-electron chi connectivity index (χ1n) is 11.3. The van der Waals surface area contributed by atoms with Gasteiger partial charge in [-0.15, -0.1) is 11.3 Å². The van der Waals surface area contributed by atoms with Crippen LogP contribution in [-0.4, -0.2) is 46.0 Å². The zero-order valence-corrected chi connectivity index (χ0v) is 19.0. The summed E-state index contributed by atoms with van der Waals surface area (Å²) in [6, 6.07) is 16.9. The lowest BCUT2D eigenvalue weighted by Gasteiger charge is -2.47. The number of carbonyl (C=O) groups excluding carboxylic acids is 2. The van der Waals surface area contributed by atoms with Gasteiger partial charge >= 0.3 is 0 Å². The molecule has 1 fully saturated rings. The Morgan fingerprint density at radius 2 is 1.91 bits per heavy atom. The van der Waals surface area contributed by atoms with E-state index in [1.54, 1.807) is 21.1 Å². The molecule has 3 aliphatic rings. The number of H-pyrrole nitrogens is 1. The summed E-state index contributed by atoms with van der Waals surface area (Å²) in [4.78, 5) is 35.5. The number of benzene rings is 2. The number of carbonyl (C=O) groups is 2. The number of nitrogens with one attached hydrogen (secondary N) is 1. The summed E-state index contributed by atoms with van der Waals surface area (Å²) in [5.41, 5.74) is 3.96. The third-order valence-electron chi connectivity index (χ3n) is 6.98. The van der Waals surface area contributed by atoms with Crippen molar-refractivity contribution in [3.63, 3.8) is 0 Å². The molecule has 34 heavy (non-hydrogen) atoms. The van der Waals surface area contributed by atoms with Gasteiger partial charge in [-0.25, -0.2) is 0 Å². The predicted octanol–water partition coefficient (Wildman–Crippen LogP) is 3.84. The molecule has 0 bridgehead atoms. The maximum atomic E-state index is 13.7. The van der Waals surface area contributed by atoms with Gasteiger partial charge in [-0.1, -0.05) is 30.3 Å². The van der Waals surface area contributed by atoms with E-state index in [2.05, 4.69) is 11.1 Å². The Balaban J connectivity index is 1.37. The molecule has 4 aromatic rings. The fourth-order valence-electron chi connectivity index (χ4n) is 5.48. The topological polar surface area (TPSA) is 74.9 Å². The largest absolute Gasteiger partial charge is 0.454 e. The molecule has 1 saturated heterocycles. The van der Waals surface area contributed by atoms with E-state index in [1.807, 2.05) is 53.9 Å². The fourth-order valence-corrected chi connectivity index (χ4v) is 6.20. The lowest BCUT2D eigenvalue weighted by atomic mass is 9.86. The molecule has 1 N–H and O–H groups in total. The number of rotatable bonds is 3. The molecule has 2 aromatic heterocycles. The average molecular weight is 472 g/mol. The summed E-state index contributed by atoms with van der Waals surface area (Å²) < 4.78 is 11.1. The second-order valence-corrected chi connectivity index (χ2v) is 9.90. The van der Waals surface area contributed by atoms with Crippen LogP contribution in [0.3, 0.4) is 0 Å². The molecule has 7 nitrogen and oxygen atoms in total. The number of hydrogen-bond donors (Lipinski definition) is 1. The molecular weight excluding hydrogens is 450 g/mol. The molecular formula is C26H21N3O4S. The summed E-state index contributed by atoms with van der Waals surface area (Å²) in [5, 5.41) is 3.09. The average Bonchev–Trinajstić information content (AvgIpc) is 3.60. The number of aromatic nitrogens is 1. The maximum Gasteiger partial charge on any atom is 0.246 e. The number of thiophene rings is 1. The van der Waals surface area contributed by atoms with Crippen molar-refractivity contribution in [2.75, 3.05) is 13.3 Å². The zero-order valence-electron chi connectivity index (χ0n) is 18.2. The first kappa shape index (κ1) is 19.7. The zero-order chi connectivity index (χ0) is 22.8. The molecule has 2 amide bonds. The summed E-state index contributed by atoms with van der Waals surface area (Å²) in [5.74, 6) is 1.30. The predicted molar refractivity (Wildman–Crippen MR) is 127 cm³/mol. The van der Waals surface area contributed by atoms with E-state index in [0.29, 0.717) is 24.5 Å². The van der Waals surface area contributed by atoms with Crippen molar-refractivity contribution in [1.29, 1.82) is 0 Å². The van der Waals surface area contributed by atoms with Gasteiger partial charge in [0, 0.05) is 27.9 Å². The van der Waals surface area contributed by atoms with E-state index in [-0.39, 0.29) is 25.2 Å². The normalized spacial score (nSPS) is 21.2. The van der Waals surface area contributed by atoms with Crippen LogP contribution in [-0.2, 0) is 22.6 Å². The molecule has 0 radical (unpaired) electrons. The van der Waals surface area contributed by atoms with Crippen LogP contribution in [0.25, 0.3) is 10.9 Å². The van der Waals surface area contributed by atoms with E-state index in [9.17, 15) is 9.59 Å². The Hall–Kier alpha value is -3.78. The highest BCUT2D eigenvalue weighted by atomic mass is 32.1. The maximum absolute atomic E-state index is 13.7. The van der Waals surface area contributed by atoms with Gasteiger partial charge < -0.3 is 24.3 Å². The second kappa shape index (κ2) is 7.36. The lowest BCUT2D eigenvalue weighted by Crippen LogP contribution is -2.62. The van der Waals surface area contributed by atoms with Crippen LogP contribution in [0, 0.1) is 0 Å². The van der Waals surface area contributed by atoms with E-state index in [4.69, 9.17) is 9.47 Å². The van der Waals surface area contributed by atoms with Crippen LogP contribution in [0.5, 0.6) is 11.5 Å². The minimum absolute atomic E-state index is 0.00493. The number of fused-ring (bicyclic) bond motifs is 5. The Kier molecular flexibility index (Phi) is 4.26. The minimum Gasteiger partial charge on any atom is -0.454 e. The van der Waals surface area contributed by atoms with E-state index >= 15 is 0 Å². The molecule has 5 heterocycles. The number of nitrogens with zero attached hydrogens (tertiary/aromatic N) is 2. The van der Waals surface area contributed by atoms with Gasteiger partial charge in [-0.2, -0.15) is 0 Å². The van der Waals surface area contributed by atoms with Gasteiger partial charge in [-0.05, 0) is 40.8 Å². The number of ether oxygens (including phenoxy) is 2. The Labute approximate surface area is 199 Å². The summed E-state index contributed by atoms with van der Waals surface area (Å²) in [7, 11) is 0. The number of amides is 2. The molecule has 0 spiro atoms. The van der Waals surface area contributed by atoms with Crippen molar-refractivity contribution < 1.29 is 19.1 Å². The molecule has 8 heteroatoms. The van der Waals surface area contributed by atoms with Gasteiger partial charge in [0.2, 0.25) is 18.6 Å². The molecule has 170 valence electrons. The highest BCUT2D eigenvalue weighted by molar-refractivity contribution is 7.09. The van der Waals surface area contributed by atoms with Crippen molar-refractivity contribution in [3.8, 4) is 11.5 Å². The van der Waals surface area contributed by atoms with Gasteiger partial charge in [0.05, 0.1) is 12.6 Å². The van der Waals surface area contributed by atoms with Crippen molar-refractivity contribution >= 4 is 34.1 Å². The molecule has 2 atom stereocenters. The van der Waals surface area contributed by atoms with E-state index < -0.39 is 12.1 Å². The highest BCUT2D eigenvalue weighted by Crippen LogP contribution is 2.45. The van der Waals surface area contributed by atoms with Gasteiger partial charge in [-0.3, -0.25) is 9.59 Å². The van der Waals surface area contributed by atoms with Crippen LogP contribution < -0.4 is 9.47 Å². The molecule has 2 aromatic carbocycles. The van der Waals surface area contributed by atoms with E-state index in [0.717, 1.165) is 32.6 Å². The molecule has 0 unspecified atom stereocenters. The lowest BCUT2D eigenvalue weighted by molar-refractivity contribution is -0.159. The highest BCUT2D eigenvalue weighted by Gasteiger charge is 2.48. The second-order valence-electron chi connectivity index (χ2n) is 8.87. The van der Waals surface area contributed by atoms with Gasteiger partial charge in [0.25, 0.3) is 0 Å². The smallest absolute Gasteiger partial charge is 0.246 e. The van der Waals surface area contributed by atoms with Crippen LogP contribution in [0.4, 0.5) is 0 Å². The van der Waals surface area contributed by atoms with Crippen LogP contribution in [0.15, 0.2) is 60.0 Å². The van der Waals surface area contributed by atoms with Crippen LogP contribution >= 0.6 is 11.3 Å². The molecule has 7 rings (SSSR count). The Morgan fingerprint density at radius 3 is 2.79 bits per heavy atom. The molecule has 3 aliphatic heterocycles. The number of hydrogen-bond acceptors (Lipinski definition) is 5. The fraction of sp³-hybridized carbons (Fsp3) is 0.231. The summed E-state index contributed by atoms with van der Waals surface area (Å²) >= 11 is 1.60. The van der Waals surface area contributed by atoms with Crippen molar-refractivity contribution in [1.82, 2.24) is 14.8 Å². The molecule has 0 aliphatic carbocycles. The summed E-state index contributed by atoms with van der Waals surface area (Å²) in [6.45, 7) is 0.717. The number of aromatic amines is 1. The number of para-hydroxylation sites is 1. The third kappa shape index (κ3) is 2.88. The SMILES string of the molecule is O=C1[C@H]2Cc3c([nH]c4ccccc34)[C@@H](c3ccc4c(c3)OCO4)N2C(=O)CN1Cc1cccs1. The van der Waals surface area contributed by atoms with E-state index in [1.165, 1.54) is 0 Å². The van der Waals surface area contributed by atoms with Crippen LogP contribution in [0.1, 0.15) is 27.7 Å². The quantitative estimate of drug-likeness (QED) is 0.493. The van der Waals surface area contributed by atoms with Gasteiger partial charge in [0.15, 0.2) is 11.5 Å². The first-order valence-corrected chi connectivity index (χ1v) is 12.2.